The lowest BCUT2D eigenvalue weighted by Crippen LogP contribution is -2.17. The average molecular weight is 582 g/mol. The molecule has 4 rings (SSSR count). The fourth-order valence-electron chi connectivity index (χ4n) is 3.76. The van der Waals surface area contributed by atoms with E-state index in [0.717, 1.165) is 24.3 Å². The summed E-state index contributed by atoms with van der Waals surface area (Å²) in [5.74, 6) is -1.47. The number of hydrogen-bond donors (Lipinski definition) is 2. The number of H-pyrrole nitrogens is 1. The standard InChI is InChI=1S/C27H20F6N2O6/c1-15-11-19(9-10-23(15)38-14-24(36)37)39-25(16-5-7-18(8-6-16)40-26(28,29)30)22-13-21(34-35-22)17-3-2-4-20(12-17)41-27(31,32)33/h2-13,25H,14H2,1H3,(H,34,35)(H,36,37). The molecule has 41 heavy (non-hydrogen) atoms. The number of rotatable bonds is 10. The molecule has 1 heterocycles. The molecule has 0 radical (unpaired) electrons. The van der Waals surface area contributed by atoms with E-state index in [2.05, 4.69) is 19.7 Å². The van der Waals surface area contributed by atoms with E-state index in [0.29, 0.717) is 28.3 Å². The zero-order chi connectivity index (χ0) is 29.8. The highest BCUT2D eigenvalue weighted by Gasteiger charge is 2.32. The summed E-state index contributed by atoms with van der Waals surface area (Å²) in [7, 11) is 0. The maximum absolute atomic E-state index is 12.7. The van der Waals surface area contributed by atoms with Gasteiger partial charge in [-0.1, -0.05) is 24.3 Å². The molecule has 1 unspecified atom stereocenters. The first kappa shape index (κ1) is 29.1. The van der Waals surface area contributed by atoms with Crippen LogP contribution < -0.4 is 18.9 Å². The largest absolute Gasteiger partial charge is 0.573 e. The zero-order valence-corrected chi connectivity index (χ0v) is 20.9. The van der Waals surface area contributed by atoms with E-state index in [1.165, 1.54) is 42.5 Å². The van der Waals surface area contributed by atoms with Crippen LogP contribution in [0.2, 0.25) is 0 Å². The van der Waals surface area contributed by atoms with Crippen LogP contribution in [-0.4, -0.2) is 40.6 Å². The minimum absolute atomic E-state index is 0.242. The third kappa shape index (κ3) is 8.30. The first-order valence-corrected chi connectivity index (χ1v) is 11.6. The number of aromatic nitrogens is 2. The number of ether oxygens (including phenoxy) is 4. The van der Waals surface area contributed by atoms with Crippen LogP contribution in [0.25, 0.3) is 11.3 Å². The number of halogens is 6. The van der Waals surface area contributed by atoms with Crippen LogP contribution in [0, 0.1) is 6.92 Å². The summed E-state index contributed by atoms with van der Waals surface area (Å²) in [6.07, 6.45) is -10.7. The van der Waals surface area contributed by atoms with Crippen molar-refractivity contribution in [3.05, 3.63) is 89.6 Å². The smallest absolute Gasteiger partial charge is 0.482 e. The second-order valence-electron chi connectivity index (χ2n) is 8.51. The summed E-state index contributed by atoms with van der Waals surface area (Å²) in [5.41, 5.74) is 1.77. The van der Waals surface area contributed by atoms with Gasteiger partial charge in [0.1, 0.15) is 23.0 Å². The van der Waals surface area contributed by atoms with Crippen LogP contribution in [0.3, 0.4) is 0 Å². The molecular formula is C27H20F6N2O6. The number of benzene rings is 3. The number of nitrogens with one attached hydrogen (secondary N) is 1. The van der Waals surface area contributed by atoms with Crippen molar-refractivity contribution < 1.29 is 55.2 Å². The highest BCUT2D eigenvalue weighted by Crippen LogP contribution is 2.34. The maximum atomic E-state index is 12.7. The summed E-state index contributed by atoms with van der Waals surface area (Å²) in [6, 6.07) is 16.1. The number of carboxylic acids is 1. The molecule has 0 amide bonds. The minimum Gasteiger partial charge on any atom is -0.482 e. The van der Waals surface area contributed by atoms with Gasteiger partial charge in [0.15, 0.2) is 12.7 Å². The molecule has 0 saturated heterocycles. The molecule has 0 saturated carbocycles. The lowest BCUT2D eigenvalue weighted by Gasteiger charge is -2.20. The van der Waals surface area contributed by atoms with Gasteiger partial charge in [0, 0.05) is 5.56 Å². The highest BCUT2D eigenvalue weighted by atomic mass is 19.4. The molecule has 14 heteroatoms. The predicted octanol–water partition coefficient (Wildman–Crippen LogP) is 6.81. The SMILES string of the molecule is Cc1cc(OC(c2ccc(OC(F)(F)F)cc2)c2cc(-c3cccc(OC(F)(F)F)c3)n[nH]2)ccc1OCC(=O)O. The molecular weight excluding hydrogens is 562 g/mol. The number of aryl methyl sites for hydroxylation is 1. The van der Waals surface area contributed by atoms with Gasteiger partial charge in [-0.15, -0.1) is 26.3 Å². The number of hydrogen-bond acceptors (Lipinski definition) is 6. The van der Waals surface area contributed by atoms with Gasteiger partial charge < -0.3 is 24.1 Å². The first-order chi connectivity index (χ1) is 19.3. The van der Waals surface area contributed by atoms with Crippen LogP contribution in [0.1, 0.15) is 22.9 Å². The maximum Gasteiger partial charge on any atom is 0.573 e. The molecule has 0 aliphatic heterocycles. The molecule has 0 spiro atoms. The number of carboxylic acid groups (broad SMARTS) is 1. The van der Waals surface area contributed by atoms with Crippen molar-refractivity contribution >= 4 is 5.97 Å². The average Bonchev–Trinajstić information content (AvgIpc) is 3.36. The number of alkyl halides is 6. The molecule has 0 aliphatic rings. The van der Waals surface area contributed by atoms with Gasteiger partial charge in [-0.3, -0.25) is 5.10 Å². The minimum atomic E-state index is -4.89. The van der Waals surface area contributed by atoms with Gasteiger partial charge in [-0.2, -0.15) is 5.10 Å². The van der Waals surface area contributed by atoms with Crippen LogP contribution >= 0.6 is 0 Å². The normalized spacial score (nSPS) is 12.5. The third-order valence-electron chi connectivity index (χ3n) is 5.41. The van der Waals surface area contributed by atoms with E-state index in [9.17, 15) is 31.1 Å². The topological polar surface area (TPSA) is 103 Å². The predicted molar refractivity (Wildman–Crippen MR) is 131 cm³/mol. The Morgan fingerprint density at radius 2 is 1.54 bits per heavy atom. The van der Waals surface area contributed by atoms with Gasteiger partial charge in [-0.25, -0.2) is 4.79 Å². The molecule has 0 fully saturated rings. The fourth-order valence-corrected chi connectivity index (χ4v) is 3.76. The molecule has 3 aromatic carbocycles. The Balaban J connectivity index is 1.66. The van der Waals surface area contributed by atoms with Crippen molar-refractivity contribution in [3.8, 4) is 34.3 Å². The second kappa shape index (κ2) is 11.7. The lowest BCUT2D eigenvalue weighted by atomic mass is 10.0. The van der Waals surface area contributed by atoms with Gasteiger partial charge in [0.25, 0.3) is 0 Å². The summed E-state index contributed by atoms with van der Waals surface area (Å²) < 4.78 is 95.1. The Hall–Kier alpha value is -4.88. The van der Waals surface area contributed by atoms with Crippen molar-refractivity contribution in [1.82, 2.24) is 10.2 Å². The van der Waals surface area contributed by atoms with Gasteiger partial charge in [0.05, 0.1) is 11.4 Å². The Kier molecular flexibility index (Phi) is 8.31. The Labute approximate surface area is 228 Å². The van der Waals surface area contributed by atoms with Gasteiger partial charge in [-0.05, 0) is 66.6 Å². The van der Waals surface area contributed by atoms with Crippen LogP contribution in [0.4, 0.5) is 26.3 Å². The molecule has 1 aromatic heterocycles. The number of nitrogens with zero attached hydrogens (tertiary/aromatic N) is 1. The van der Waals surface area contributed by atoms with Crippen LogP contribution in [0.15, 0.2) is 72.8 Å². The quantitative estimate of drug-likeness (QED) is 0.198. The third-order valence-corrected chi connectivity index (χ3v) is 5.41. The lowest BCUT2D eigenvalue weighted by molar-refractivity contribution is -0.275. The Morgan fingerprint density at radius 1 is 0.878 bits per heavy atom. The van der Waals surface area contributed by atoms with E-state index in [4.69, 9.17) is 14.6 Å². The number of aliphatic carboxylic acids is 1. The van der Waals surface area contributed by atoms with Crippen molar-refractivity contribution in [1.29, 1.82) is 0 Å². The molecule has 216 valence electrons. The molecule has 0 bridgehead atoms. The van der Waals surface area contributed by atoms with Crippen LogP contribution in [0.5, 0.6) is 23.0 Å². The monoisotopic (exact) mass is 582 g/mol. The van der Waals surface area contributed by atoms with Gasteiger partial charge in [0.2, 0.25) is 0 Å². The van der Waals surface area contributed by atoms with E-state index in [1.807, 2.05) is 0 Å². The Bertz CT molecular complexity index is 1500. The van der Waals surface area contributed by atoms with E-state index in [1.54, 1.807) is 13.0 Å². The second-order valence-corrected chi connectivity index (χ2v) is 8.51. The fraction of sp³-hybridized carbons (Fsp3) is 0.185. The molecule has 4 aromatic rings. The highest BCUT2D eigenvalue weighted by molar-refractivity contribution is 5.68. The molecule has 0 aliphatic carbocycles. The summed E-state index contributed by atoms with van der Waals surface area (Å²) in [4.78, 5) is 10.8. The zero-order valence-electron chi connectivity index (χ0n) is 20.9. The van der Waals surface area contributed by atoms with Crippen LogP contribution in [-0.2, 0) is 4.79 Å². The van der Waals surface area contributed by atoms with Gasteiger partial charge >= 0.3 is 18.7 Å². The van der Waals surface area contributed by atoms with Crippen molar-refractivity contribution in [2.75, 3.05) is 6.61 Å². The summed E-state index contributed by atoms with van der Waals surface area (Å²) in [5, 5.41) is 15.8. The van der Waals surface area contributed by atoms with Crippen molar-refractivity contribution in [3.63, 3.8) is 0 Å². The van der Waals surface area contributed by atoms with E-state index < -0.39 is 42.9 Å². The molecule has 2 N–H and O–H groups in total. The molecule has 1 atom stereocenters. The van der Waals surface area contributed by atoms with E-state index >= 15 is 0 Å². The van der Waals surface area contributed by atoms with Crippen molar-refractivity contribution in [2.24, 2.45) is 0 Å². The molecule has 8 nitrogen and oxygen atoms in total. The summed E-state index contributed by atoms with van der Waals surface area (Å²) >= 11 is 0. The summed E-state index contributed by atoms with van der Waals surface area (Å²) in [6.45, 7) is 1.11. The van der Waals surface area contributed by atoms with E-state index in [-0.39, 0.29) is 11.3 Å². The number of carbonyl (C=O) groups is 1. The first-order valence-electron chi connectivity index (χ1n) is 11.6. The van der Waals surface area contributed by atoms with Crippen molar-refractivity contribution in [2.45, 2.75) is 25.8 Å². The Morgan fingerprint density at radius 3 is 2.17 bits per heavy atom. The number of aromatic amines is 1.